The lowest BCUT2D eigenvalue weighted by Gasteiger charge is -2.11. The SMILES string of the molecule is CCNC(=NCc1cccc([N+](=O)[O-])c1)NCCc1c[nH]c2ccc(F)cc12.I. The van der Waals surface area contributed by atoms with Crippen molar-refractivity contribution in [3.05, 3.63) is 75.7 Å². The third-order valence-corrected chi connectivity index (χ3v) is 4.30. The van der Waals surface area contributed by atoms with Gasteiger partial charge in [-0.1, -0.05) is 12.1 Å². The second kappa shape index (κ2) is 10.7. The zero-order valence-corrected chi connectivity index (χ0v) is 18.3. The van der Waals surface area contributed by atoms with E-state index < -0.39 is 4.92 Å². The summed E-state index contributed by atoms with van der Waals surface area (Å²) in [6.45, 7) is 3.60. The zero-order chi connectivity index (χ0) is 19.9. The van der Waals surface area contributed by atoms with Crippen molar-refractivity contribution in [3.63, 3.8) is 0 Å². The number of halogens is 2. The van der Waals surface area contributed by atoms with Crippen LogP contribution in [0.3, 0.4) is 0 Å². The number of non-ortho nitro benzene ring substituents is 1. The van der Waals surface area contributed by atoms with Crippen LogP contribution in [0.4, 0.5) is 10.1 Å². The fourth-order valence-electron chi connectivity index (χ4n) is 2.95. The highest BCUT2D eigenvalue weighted by Gasteiger charge is 2.07. The Bertz CT molecular complexity index is 1010. The van der Waals surface area contributed by atoms with Gasteiger partial charge in [-0.2, -0.15) is 0 Å². The van der Waals surface area contributed by atoms with Gasteiger partial charge in [-0.05, 0) is 42.7 Å². The molecule has 1 aromatic heterocycles. The lowest BCUT2D eigenvalue weighted by Crippen LogP contribution is -2.38. The summed E-state index contributed by atoms with van der Waals surface area (Å²) in [5.41, 5.74) is 2.75. The first-order valence-corrected chi connectivity index (χ1v) is 9.08. The molecular weight excluding hydrogens is 488 g/mol. The number of aromatic nitrogens is 1. The molecule has 0 saturated heterocycles. The van der Waals surface area contributed by atoms with E-state index in [0.717, 1.165) is 22.0 Å². The molecule has 0 radical (unpaired) electrons. The number of guanidine groups is 1. The molecule has 3 rings (SSSR count). The summed E-state index contributed by atoms with van der Waals surface area (Å²) < 4.78 is 13.5. The van der Waals surface area contributed by atoms with Crippen molar-refractivity contribution in [2.45, 2.75) is 19.9 Å². The molecule has 0 bridgehead atoms. The number of hydrogen-bond acceptors (Lipinski definition) is 3. The van der Waals surface area contributed by atoms with Crippen molar-refractivity contribution in [1.82, 2.24) is 15.6 Å². The van der Waals surface area contributed by atoms with Crippen LogP contribution in [0.5, 0.6) is 0 Å². The number of H-pyrrole nitrogens is 1. The van der Waals surface area contributed by atoms with Gasteiger partial charge in [0.05, 0.1) is 11.5 Å². The quantitative estimate of drug-likeness (QED) is 0.146. The van der Waals surface area contributed by atoms with Crippen molar-refractivity contribution >= 4 is 46.5 Å². The Kier molecular flexibility index (Phi) is 8.37. The minimum Gasteiger partial charge on any atom is -0.361 e. The number of rotatable bonds is 7. The molecule has 0 aliphatic heterocycles. The Hall–Kier alpha value is -2.69. The van der Waals surface area contributed by atoms with Crippen LogP contribution < -0.4 is 10.6 Å². The van der Waals surface area contributed by atoms with Gasteiger partial charge in [-0.3, -0.25) is 10.1 Å². The molecule has 0 saturated carbocycles. The fourth-order valence-corrected chi connectivity index (χ4v) is 2.95. The molecule has 0 aliphatic carbocycles. The number of fused-ring (bicyclic) bond motifs is 1. The van der Waals surface area contributed by atoms with E-state index in [2.05, 4.69) is 20.6 Å². The van der Waals surface area contributed by atoms with E-state index in [0.29, 0.717) is 32.0 Å². The topological polar surface area (TPSA) is 95.3 Å². The van der Waals surface area contributed by atoms with E-state index in [1.54, 1.807) is 18.2 Å². The highest BCUT2D eigenvalue weighted by Crippen LogP contribution is 2.19. The molecule has 29 heavy (non-hydrogen) atoms. The molecule has 2 aromatic carbocycles. The zero-order valence-electron chi connectivity index (χ0n) is 15.9. The summed E-state index contributed by atoms with van der Waals surface area (Å²) in [4.78, 5) is 18.1. The van der Waals surface area contributed by atoms with Gasteiger partial charge in [-0.15, -0.1) is 24.0 Å². The van der Waals surface area contributed by atoms with Crippen molar-refractivity contribution in [2.75, 3.05) is 13.1 Å². The molecule has 0 atom stereocenters. The number of benzene rings is 2. The van der Waals surface area contributed by atoms with Gasteiger partial charge in [0.1, 0.15) is 5.82 Å². The van der Waals surface area contributed by atoms with Crippen LogP contribution in [0.15, 0.2) is 53.7 Å². The Labute approximate surface area is 185 Å². The number of nitrogens with one attached hydrogen (secondary N) is 3. The lowest BCUT2D eigenvalue weighted by atomic mass is 10.1. The Morgan fingerprint density at radius 3 is 2.83 bits per heavy atom. The average molecular weight is 511 g/mol. The van der Waals surface area contributed by atoms with Crippen LogP contribution in [0.2, 0.25) is 0 Å². The van der Waals surface area contributed by atoms with Crippen LogP contribution in [0.1, 0.15) is 18.1 Å². The molecule has 0 unspecified atom stereocenters. The average Bonchev–Trinajstić information content (AvgIpc) is 3.08. The van der Waals surface area contributed by atoms with Crippen molar-refractivity contribution in [3.8, 4) is 0 Å². The number of nitro benzene ring substituents is 1. The minimum atomic E-state index is -0.416. The van der Waals surface area contributed by atoms with Gasteiger partial charge in [0.15, 0.2) is 5.96 Å². The maximum atomic E-state index is 13.5. The smallest absolute Gasteiger partial charge is 0.269 e. The van der Waals surface area contributed by atoms with E-state index in [4.69, 9.17) is 0 Å². The molecule has 1 heterocycles. The predicted molar refractivity (Wildman–Crippen MR) is 123 cm³/mol. The first-order valence-electron chi connectivity index (χ1n) is 9.08. The van der Waals surface area contributed by atoms with Crippen LogP contribution in [-0.4, -0.2) is 29.0 Å². The van der Waals surface area contributed by atoms with Gasteiger partial charge < -0.3 is 15.6 Å². The molecule has 9 heteroatoms. The third kappa shape index (κ3) is 6.14. The summed E-state index contributed by atoms with van der Waals surface area (Å²) in [5, 5.41) is 18.2. The predicted octanol–water partition coefficient (Wildman–Crippen LogP) is 4.13. The minimum absolute atomic E-state index is 0. The fraction of sp³-hybridized carbons (Fsp3) is 0.250. The van der Waals surface area contributed by atoms with E-state index >= 15 is 0 Å². The highest BCUT2D eigenvalue weighted by molar-refractivity contribution is 14.0. The van der Waals surface area contributed by atoms with Crippen LogP contribution in [-0.2, 0) is 13.0 Å². The van der Waals surface area contributed by atoms with Gasteiger partial charge in [-0.25, -0.2) is 9.38 Å². The maximum absolute atomic E-state index is 13.5. The summed E-state index contributed by atoms with van der Waals surface area (Å²) in [6, 6.07) is 11.1. The van der Waals surface area contributed by atoms with Crippen molar-refractivity contribution < 1.29 is 9.31 Å². The van der Waals surface area contributed by atoms with Crippen LogP contribution >= 0.6 is 24.0 Å². The van der Waals surface area contributed by atoms with Crippen LogP contribution in [0, 0.1) is 15.9 Å². The summed E-state index contributed by atoms with van der Waals surface area (Å²) in [6.07, 6.45) is 2.59. The molecule has 0 aliphatic rings. The third-order valence-electron chi connectivity index (χ3n) is 4.30. The number of aliphatic imine (C=N–C) groups is 1. The van der Waals surface area contributed by atoms with E-state index in [1.165, 1.54) is 24.3 Å². The highest BCUT2D eigenvalue weighted by atomic mass is 127. The molecule has 7 nitrogen and oxygen atoms in total. The number of nitro groups is 1. The number of nitrogens with zero attached hydrogens (tertiary/aromatic N) is 2. The summed E-state index contributed by atoms with van der Waals surface area (Å²) in [7, 11) is 0. The standard InChI is InChI=1S/C20H22FN5O2.HI/c1-2-22-20(25-12-14-4-3-5-17(10-14)26(27)28)23-9-8-15-13-24-19-7-6-16(21)11-18(15)19;/h3-7,10-11,13,24H,2,8-9,12H2,1H3,(H2,22,23,25);1H. The summed E-state index contributed by atoms with van der Waals surface area (Å²) >= 11 is 0. The van der Waals surface area contributed by atoms with E-state index in [1.807, 2.05) is 13.1 Å². The second-order valence-electron chi connectivity index (χ2n) is 6.30. The van der Waals surface area contributed by atoms with Crippen LogP contribution in [0.25, 0.3) is 10.9 Å². The van der Waals surface area contributed by atoms with E-state index in [9.17, 15) is 14.5 Å². The van der Waals surface area contributed by atoms with E-state index in [-0.39, 0.29) is 35.5 Å². The normalized spacial score (nSPS) is 11.2. The lowest BCUT2D eigenvalue weighted by molar-refractivity contribution is -0.384. The molecule has 3 aromatic rings. The first-order chi connectivity index (χ1) is 13.6. The van der Waals surface area contributed by atoms with Gasteiger partial charge in [0, 0.05) is 42.3 Å². The van der Waals surface area contributed by atoms with Gasteiger partial charge >= 0.3 is 0 Å². The second-order valence-corrected chi connectivity index (χ2v) is 6.30. The van der Waals surface area contributed by atoms with Gasteiger partial charge in [0.2, 0.25) is 0 Å². The molecular formula is C20H23FIN5O2. The number of hydrogen-bond donors (Lipinski definition) is 3. The molecule has 0 fully saturated rings. The van der Waals surface area contributed by atoms with Crippen molar-refractivity contribution in [2.24, 2.45) is 4.99 Å². The molecule has 0 amide bonds. The Balaban J connectivity index is 0.00000300. The Morgan fingerprint density at radius 2 is 2.07 bits per heavy atom. The Morgan fingerprint density at radius 1 is 1.24 bits per heavy atom. The molecule has 0 spiro atoms. The maximum Gasteiger partial charge on any atom is 0.269 e. The van der Waals surface area contributed by atoms with Gasteiger partial charge in [0.25, 0.3) is 5.69 Å². The monoisotopic (exact) mass is 511 g/mol. The summed E-state index contributed by atoms with van der Waals surface area (Å²) in [5.74, 6) is 0.369. The first kappa shape index (κ1) is 22.6. The molecule has 3 N–H and O–H groups in total. The number of aromatic amines is 1. The van der Waals surface area contributed by atoms with Crippen molar-refractivity contribution in [1.29, 1.82) is 0 Å². The molecule has 154 valence electrons. The largest absolute Gasteiger partial charge is 0.361 e.